The van der Waals surface area contributed by atoms with Gasteiger partial charge in [-0.25, -0.2) is 0 Å². The molecule has 0 aromatic heterocycles. The summed E-state index contributed by atoms with van der Waals surface area (Å²) < 4.78 is 0. The predicted molar refractivity (Wildman–Crippen MR) is 49.4 cm³/mol. The fourth-order valence-corrected chi connectivity index (χ4v) is 3.42. The molecule has 0 amide bonds. The minimum atomic E-state index is 0.823. The Bertz CT molecular complexity index is 242. The molecule has 3 aliphatic rings. The number of hydrogen-bond donors (Lipinski definition) is 0. The number of fused-ring (bicyclic) bond motifs is 3. The zero-order valence-corrected chi connectivity index (χ0v) is 7.55. The van der Waals surface area contributed by atoms with E-state index in [1.807, 2.05) is 0 Å². The van der Waals surface area contributed by atoms with E-state index in [1.54, 1.807) is 0 Å². The summed E-state index contributed by atoms with van der Waals surface area (Å²) in [6.45, 7) is 0. The van der Waals surface area contributed by atoms with E-state index in [1.165, 1.54) is 38.5 Å². The van der Waals surface area contributed by atoms with Gasteiger partial charge in [-0.05, 0) is 31.1 Å². The Morgan fingerprint density at radius 3 is 2.58 bits per heavy atom. The molecule has 4 atom stereocenters. The molecule has 0 aliphatic heterocycles. The van der Waals surface area contributed by atoms with Gasteiger partial charge in [0.1, 0.15) is 0 Å². The van der Waals surface area contributed by atoms with Crippen molar-refractivity contribution in [3.63, 3.8) is 0 Å². The molecular formula is C12H16. The maximum absolute atomic E-state index is 3.40. The second-order valence-corrected chi connectivity index (χ2v) is 4.71. The molecule has 0 saturated heterocycles. The maximum atomic E-state index is 3.40. The van der Waals surface area contributed by atoms with Crippen LogP contribution in [-0.2, 0) is 0 Å². The molecule has 3 rings (SSSR count). The molecule has 12 heavy (non-hydrogen) atoms. The van der Waals surface area contributed by atoms with Gasteiger partial charge in [-0.1, -0.05) is 31.1 Å². The minimum Gasteiger partial charge on any atom is -0.0983 e. The van der Waals surface area contributed by atoms with Crippen LogP contribution < -0.4 is 0 Å². The SMILES string of the molecule is C1#CC2C1CCC1CCCCC12. The summed E-state index contributed by atoms with van der Waals surface area (Å²) in [6, 6.07) is 0. The summed E-state index contributed by atoms with van der Waals surface area (Å²) in [5.41, 5.74) is 0. The van der Waals surface area contributed by atoms with Crippen molar-refractivity contribution in [3.05, 3.63) is 0 Å². The number of hydrogen-bond acceptors (Lipinski definition) is 0. The van der Waals surface area contributed by atoms with Crippen LogP contribution >= 0.6 is 0 Å². The van der Waals surface area contributed by atoms with Crippen molar-refractivity contribution in [1.82, 2.24) is 0 Å². The first-order chi connectivity index (χ1) is 5.95. The fraction of sp³-hybridized carbons (Fsp3) is 0.833. The van der Waals surface area contributed by atoms with Crippen LogP contribution in [0.3, 0.4) is 0 Å². The van der Waals surface area contributed by atoms with Crippen LogP contribution in [0, 0.1) is 35.5 Å². The van der Waals surface area contributed by atoms with E-state index in [0.717, 1.165) is 23.7 Å². The summed E-state index contributed by atoms with van der Waals surface area (Å²) in [4.78, 5) is 0. The van der Waals surface area contributed by atoms with Gasteiger partial charge >= 0.3 is 0 Å². The largest absolute Gasteiger partial charge is 0.0983 e. The summed E-state index contributed by atoms with van der Waals surface area (Å²) in [5.74, 6) is 10.5. The third-order valence-electron chi connectivity index (χ3n) is 4.15. The molecule has 4 unspecified atom stereocenters. The van der Waals surface area contributed by atoms with Crippen molar-refractivity contribution in [2.75, 3.05) is 0 Å². The lowest BCUT2D eigenvalue weighted by atomic mass is 9.59. The van der Waals surface area contributed by atoms with Crippen molar-refractivity contribution >= 4 is 0 Å². The standard InChI is InChI=1S/C12H16/c1-2-4-11-9(3-1)5-6-10-7-8-12(10)11/h9-12H,1-6H2. The highest BCUT2D eigenvalue weighted by atomic mass is 14.4. The van der Waals surface area contributed by atoms with Gasteiger partial charge in [0, 0.05) is 11.8 Å². The van der Waals surface area contributed by atoms with Crippen molar-refractivity contribution in [3.8, 4) is 11.8 Å². The topological polar surface area (TPSA) is 0 Å². The first-order valence-electron chi connectivity index (χ1n) is 5.46. The summed E-state index contributed by atoms with van der Waals surface area (Å²) >= 11 is 0. The first kappa shape index (κ1) is 7.01. The normalized spacial score (nSPS) is 49.3. The summed E-state index contributed by atoms with van der Waals surface area (Å²) in [7, 11) is 0. The van der Waals surface area contributed by atoms with Crippen molar-refractivity contribution in [1.29, 1.82) is 0 Å². The second kappa shape index (κ2) is 2.52. The molecule has 2 saturated carbocycles. The Balaban J connectivity index is 1.81. The highest BCUT2D eigenvalue weighted by Gasteiger charge is 2.41. The molecule has 0 heterocycles. The lowest BCUT2D eigenvalue weighted by Crippen LogP contribution is -2.38. The molecule has 0 aromatic rings. The zero-order valence-electron chi connectivity index (χ0n) is 7.55. The lowest BCUT2D eigenvalue weighted by Gasteiger charge is -2.44. The van der Waals surface area contributed by atoms with Crippen molar-refractivity contribution < 1.29 is 0 Å². The third-order valence-corrected chi connectivity index (χ3v) is 4.15. The van der Waals surface area contributed by atoms with Gasteiger partial charge in [0.05, 0.1) is 0 Å². The molecule has 0 aromatic carbocycles. The van der Waals surface area contributed by atoms with Crippen LogP contribution in [0.5, 0.6) is 0 Å². The molecule has 3 aliphatic carbocycles. The molecule has 0 N–H and O–H groups in total. The van der Waals surface area contributed by atoms with Gasteiger partial charge in [-0.3, -0.25) is 0 Å². The van der Waals surface area contributed by atoms with Crippen LogP contribution in [-0.4, -0.2) is 0 Å². The minimum absolute atomic E-state index is 0.823. The fourth-order valence-electron chi connectivity index (χ4n) is 3.42. The smallest absolute Gasteiger partial charge is 0.0371 e. The van der Waals surface area contributed by atoms with Crippen LogP contribution in [0.1, 0.15) is 38.5 Å². The van der Waals surface area contributed by atoms with E-state index in [-0.39, 0.29) is 0 Å². The molecule has 64 valence electrons. The summed E-state index contributed by atoms with van der Waals surface area (Å²) in [5, 5.41) is 0. The predicted octanol–water partition coefficient (Wildman–Crippen LogP) is 2.84. The molecule has 0 heteroatoms. The lowest BCUT2D eigenvalue weighted by molar-refractivity contribution is 0.100. The Hall–Kier alpha value is -0.440. The van der Waals surface area contributed by atoms with Gasteiger partial charge in [0.15, 0.2) is 0 Å². The monoisotopic (exact) mass is 160 g/mol. The van der Waals surface area contributed by atoms with E-state index >= 15 is 0 Å². The molecule has 0 nitrogen and oxygen atoms in total. The van der Waals surface area contributed by atoms with E-state index in [9.17, 15) is 0 Å². The van der Waals surface area contributed by atoms with Crippen LogP contribution in [0.2, 0.25) is 0 Å². The van der Waals surface area contributed by atoms with E-state index in [0.29, 0.717) is 0 Å². The van der Waals surface area contributed by atoms with Crippen LogP contribution in [0.25, 0.3) is 0 Å². The van der Waals surface area contributed by atoms with Gasteiger partial charge in [0.2, 0.25) is 0 Å². The summed E-state index contributed by atoms with van der Waals surface area (Å²) in [6.07, 6.45) is 8.87. The molecule has 2 fully saturated rings. The van der Waals surface area contributed by atoms with E-state index < -0.39 is 0 Å². The molecular weight excluding hydrogens is 144 g/mol. The highest BCUT2D eigenvalue weighted by molar-refractivity contribution is 5.25. The van der Waals surface area contributed by atoms with E-state index in [4.69, 9.17) is 0 Å². The average Bonchev–Trinajstić information content (AvgIpc) is 2.05. The van der Waals surface area contributed by atoms with Gasteiger partial charge in [-0.15, -0.1) is 0 Å². The van der Waals surface area contributed by atoms with Crippen molar-refractivity contribution in [2.45, 2.75) is 38.5 Å². The first-order valence-corrected chi connectivity index (χ1v) is 5.46. The molecule has 0 bridgehead atoms. The van der Waals surface area contributed by atoms with Gasteiger partial charge in [-0.2, -0.15) is 0 Å². The Labute approximate surface area is 74.7 Å². The van der Waals surface area contributed by atoms with E-state index in [2.05, 4.69) is 11.8 Å². The highest BCUT2D eigenvalue weighted by Crippen LogP contribution is 2.48. The Morgan fingerprint density at radius 2 is 1.75 bits per heavy atom. The average molecular weight is 160 g/mol. The van der Waals surface area contributed by atoms with Gasteiger partial charge in [0.25, 0.3) is 0 Å². The quantitative estimate of drug-likeness (QED) is 0.478. The molecule has 0 spiro atoms. The van der Waals surface area contributed by atoms with Crippen LogP contribution in [0.4, 0.5) is 0 Å². The Morgan fingerprint density at radius 1 is 0.833 bits per heavy atom. The number of rotatable bonds is 0. The van der Waals surface area contributed by atoms with Gasteiger partial charge < -0.3 is 0 Å². The van der Waals surface area contributed by atoms with Crippen LogP contribution in [0.15, 0.2) is 0 Å². The third kappa shape index (κ3) is 0.859. The second-order valence-electron chi connectivity index (χ2n) is 4.71. The maximum Gasteiger partial charge on any atom is 0.0371 e. The Kier molecular flexibility index (Phi) is 1.47. The zero-order chi connectivity index (χ0) is 7.97. The van der Waals surface area contributed by atoms with Crippen molar-refractivity contribution in [2.24, 2.45) is 23.7 Å². The molecule has 0 radical (unpaired) electrons.